The first-order chi connectivity index (χ1) is 10.7. The number of nitrogens with one attached hydrogen (secondary N) is 1. The van der Waals surface area contributed by atoms with Gasteiger partial charge in [-0.05, 0) is 37.3 Å². The maximum absolute atomic E-state index is 13.1. The summed E-state index contributed by atoms with van der Waals surface area (Å²) in [6.45, 7) is 1.82. The van der Waals surface area contributed by atoms with Crippen LogP contribution in [0.4, 0.5) is 18.9 Å². The molecule has 0 saturated carbocycles. The van der Waals surface area contributed by atoms with Crippen molar-refractivity contribution in [3.05, 3.63) is 48.3 Å². The van der Waals surface area contributed by atoms with Crippen molar-refractivity contribution in [2.45, 2.75) is 18.0 Å². The SMILES string of the molecule is CCOc1ccc(NS(=O)(=O)c2cccnc2)c(C(F)(F)F)c1. The molecule has 1 aromatic carbocycles. The largest absolute Gasteiger partial charge is 0.494 e. The van der Waals surface area contributed by atoms with Gasteiger partial charge in [0.05, 0.1) is 17.9 Å². The van der Waals surface area contributed by atoms with Crippen LogP contribution < -0.4 is 9.46 Å². The third-order valence-corrected chi connectivity index (χ3v) is 4.15. The van der Waals surface area contributed by atoms with Crippen LogP contribution in [0.25, 0.3) is 0 Å². The number of ether oxygens (including phenoxy) is 1. The molecule has 0 atom stereocenters. The molecule has 1 aromatic heterocycles. The average molecular weight is 346 g/mol. The van der Waals surface area contributed by atoms with E-state index in [0.29, 0.717) is 0 Å². The van der Waals surface area contributed by atoms with E-state index in [1.807, 2.05) is 4.72 Å². The van der Waals surface area contributed by atoms with Gasteiger partial charge in [0.25, 0.3) is 10.0 Å². The monoisotopic (exact) mass is 346 g/mol. The van der Waals surface area contributed by atoms with E-state index in [2.05, 4.69) is 4.98 Å². The van der Waals surface area contributed by atoms with Crippen molar-refractivity contribution in [3.8, 4) is 5.75 Å². The fourth-order valence-electron chi connectivity index (χ4n) is 1.81. The second-order valence-corrected chi connectivity index (χ2v) is 6.11. The highest BCUT2D eigenvalue weighted by Crippen LogP contribution is 2.38. The number of hydrogen-bond acceptors (Lipinski definition) is 4. The normalized spacial score (nSPS) is 12.0. The van der Waals surface area contributed by atoms with Crippen LogP contribution in [0.3, 0.4) is 0 Å². The highest BCUT2D eigenvalue weighted by molar-refractivity contribution is 7.92. The van der Waals surface area contributed by atoms with Gasteiger partial charge in [0.2, 0.25) is 0 Å². The minimum absolute atomic E-state index is 0.00384. The van der Waals surface area contributed by atoms with E-state index in [-0.39, 0.29) is 17.3 Å². The summed E-state index contributed by atoms with van der Waals surface area (Å²) in [7, 11) is -4.17. The first kappa shape index (κ1) is 17.1. The highest BCUT2D eigenvalue weighted by atomic mass is 32.2. The molecule has 0 aliphatic carbocycles. The van der Waals surface area contributed by atoms with Gasteiger partial charge < -0.3 is 4.74 Å². The van der Waals surface area contributed by atoms with E-state index >= 15 is 0 Å². The third kappa shape index (κ3) is 4.13. The molecular formula is C14H13F3N2O3S. The summed E-state index contributed by atoms with van der Waals surface area (Å²) in [6, 6.07) is 5.64. The molecule has 0 spiro atoms. The number of pyridine rings is 1. The van der Waals surface area contributed by atoms with E-state index < -0.39 is 27.5 Å². The van der Waals surface area contributed by atoms with Gasteiger partial charge in [-0.25, -0.2) is 8.42 Å². The lowest BCUT2D eigenvalue weighted by atomic mass is 10.1. The van der Waals surface area contributed by atoms with Crippen LogP contribution in [0.5, 0.6) is 5.75 Å². The standard InChI is InChI=1S/C14H13F3N2O3S/c1-2-22-10-5-6-13(12(8-10)14(15,16)17)19-23(20,21)11-4-3-7-18-9-11/h3-9,19H,2H2,1H3. The van der Waals surface area contributed by atoms with Crippen LogP contribution in [-0.4, -0.2) is 20.0 Å². The van der Waals surface area contributed by atoms with Crippen molar-refractivity contribution in [2.24, 2.45) is 0 Å². The van der Waals surface area contributed by atoms with Gasteiger partial charge in [0.1, 0.15) is 10.6 Å². The zero-order chi connectivity index (χ0) is 17.1. The fraction of sp³-hybridized carbons (Fsp3) is 0.214. The lowest BCUT2D eigenvalue weighted by Crippen LogP contribution is -2.17. The van der Waals surface area contributed by atoms with Gasteiger partial charge in [-0.3, -0.25) is 9.71 Å². The zero-order valence-corrected chi connectivity index (χ0v) is 12.8. The third-order valence-electron chi connectivity index (χ3n) is 2.80. The van der Waals surface area contributed by atoms with Crippen molar-refractivity contribution < 1.29 is 26.3 Å². The van der Waals surface area contributed by atoms with E-state index in [4.69, 9.17) is 4.74 Å². The van der Waals surface area contributed by atoms with Gasteiger partial charge in [-0.2, -0.15) is 13.2 Å². The van der Waals surface area contributed by atoms with Crippen molar-refractivity contribution in [3.63, 3.8) is 0 Å². The average Bonchev–Trinajstić information content (AvgIpc) is 2.49. The second kappa shape index (κ2) is 6.45. The van der Waals surface area contributed by atoms with Gasteiger partial charge in [-0.15, -0.1) is 0 Å². The van der Waals surface area contributed by atoms with E-state index in [0.717, 1.165) is 18.3 Å². The molecule has 0 fully saturated rings. The fourth-order valence-corrected chi connectivity index (χ4v) is 2.86. The highest BCUT2D eigenvalue weighted by Gasteiger charge is 2.35. The number of sulfonamides is 1. The summed E-state index contributed by atoms with van der Waals surface area (Å²) >= 11 is 0. The molecule has 1 heterocycles. The number of alkyl halides is 3. The van der Waals surface area contributed by atoms with Crippen LogP contribution in [-0.2, 0) is 16.2 Å². The first-order valence-corrected chi connectivity index (χ1v) is 7.99. The number of rotatable bonds is 5. The Morgan fingerprint density at radius 2 is 2.00 bits per heavy atom. The predicted octanol–water partition coefficient (Wildman–Crippen LogP) is 3.30. The van der Waals surface area contributed by atoms with Crippen LogP contribution in [0.2, 0.25) is 0 Å². The van der Waals surface area contributed by atoms with Gasteiger partial charge in [0, 0.05) is 12.4 Å². The number of anilines is 1. The van der Waals surface area contributed by atoms with Gasteiger partial charge in [0.15, 0.2) is 0 Å². The lowest BCUT2D eigenvalue weighted by molar-refractivity contribution is -0.137. The number of nitrogens with zero attached hydrogens (tertiary/aromatic N) is 1. The topological polar surface area (TPSA) is 68.3 Å². The van der Waals surface area contributed by atoms with Crippen molar-refractivity contribution in [1.29, 1.82) is 0 Å². The summed E-state index contributed by atoms with van der Waals surface area (Å²) in [4.78, 5) is 3.41. The number of halogens is 3. The minimum atomic E-state index is -4.74. The molecule has 5 nitrogen and oxygen atoms in total. The first-order valence-electron chi connectivity index (χ1n) is 6.51. The van der Waals surface area contributed by atoms with E-state index in [1.54, 1.807) is 6.92 Å². The van der Waals surface area contributed by atoms with Crippen LogP contribution in [0.1, 0.15) is 12.5 Å². The van der Waals surface area contributed by atoms with E-state index in [9.17, 15) is 21.6 Å². The number of hydrogen-bond donors (Lipinski definition) is 1. The Bertz CT molecular complexity index is 778. The molecule has 124 valence electrons. The molecule has 9 heteroatoms. The van der Waals surface area contributed by atoms with Crippen molar-refractivity contribution in [1.82, 2.24) is 4.98 Å². The molecular weight excluding hydrogens is 333 g/mol. The smallest absolute Gasteiger partial charge is 0.418 e. The maximum atomic E-state index is 13.1. The molecule has 1 N–H and O–H groups in total. The van der Waals surface area contributed by atoms with Crippen molar-refractivity contribution >= 4 is 15.7 Å². The van der Waals surface area contributed by atoms with Gasteiger partial charge in [-0.1, -0.05) is 0 Å². The molecule has 0 amide bonds. The minimum Gasteiger partial charge on any atom is -0.494 e. The number of aromatic nitrogens is 1. The Labute approximate surface area is 131 Å². The maximum Gasteiger partial charge on any atom is 0.418 e. The molecule has 23 heavy (non-hydrogen) atoms. The Kier molecular flexibility index (Phi) is 4.79. The molecule has 0 aliphatic rings. The summed E-state index contributed by atoms with van der Waals surface area (Å²) in [5.74, 6) is 0.00384. The Morgan fingerprint density at radius 1 is 1.26 bits per heavy atom. The quantitative estimate of drug-likeness (QED) is 0.902. The molecule has 2 aromatic rings. The molecule has 2 rings (SSSR count). The second-order valence-electron chi connectivity index (χ2n) is 4.43. The summed E-state index contributed by atoms with van der Waals surface area (Å²) in [5, 5.41) is 0. The van der Waals surface area contributed by atoms with Gasteiger partial charge >= 0.3 is 6.18 Å². The summed E-state index contributed by atoms with van der Waals surface area (Å²) in [6.07, 6.45) is -2.33. The summed E-state index contributed by atoms with van der Waals surface area (Å²) < 4.78 is 70.7. The Morgan fingerprint density at radius 3 is 2.57 bits per heavy atom. The molecule has 0 bridgehead atoms. The summed E-state index contributed by atoms with van der Waals surface area (Å²) in [5.41, 5.74) is -1.71. The zero-order valence-electron chi connectivity index (χ0n) is 12.0. The Hall–Kier alpha value is -2.29. The lowest BCUT2D eigenvalue weighted by Gasteiger charge is -2.16. The number of benzene rings is 1. The Balaban J connectivity index is 2.43. The molecule has 0 radical (unpaired) electrons. The van der Waals surface area contributed by atoms with Crippen LogP contribution >= 0.6 is 0 Å². The molecule has 0 unspecified atom stereocenters. The molecule has 0 saturated heterocycles. The van der Waals surface area contributed by atoms with E-state index in [1.165, 1.54) is 24.4 Å². The predicted molar refractivity (Wildman–Crippen MR) is 77.7 cm³/mol. The molecule has 0 aliphatic heterocycles. The van der Waals surface area contributed by atoms with Crippen LogP contribution in [0.15, 0.2) is 47.6 Å². The van der Waals surface area contributed by atoms with Crippen LogP contribution in [0, 0.1) is 0 Å². The van der Waals surface area contributed by atoms with Crippen molar-refractivity contribution in [2.75, 3.05) is 11.3 Å².